The number of carbonyl (C=O) groups excluding carboxylic acids is 2. The summed E-state index contributed by atoms with van der Waals surface area (Å²) in [5.41, 5.74) is 0. The lowest BCUT2D eigenvalue weighted by Crippen LogP contribution is -2.30. The lowest BCUT2D eigenvalue weighted by atomic mass is 10.1. The summed E-state index contributed by atoms with van der Waals surface area (Å²) in [6, 6.07) is 0. The van der Waals surface area contributed by atoms with Crippen molar-refractivity contribution in [2.24, 2.45) is 0 Å². The van der Waals surface area contributed by atoms with Crippen molar-refractivity contribution < 1.29 is 23.8 Å². The molecule has 0 aromatic heterocycles. The van der Waals surface area contributed by atoms with E-state index in [-0.39, 0.29) is 25.2 Å². The largest absolute Gasteiger partial charge is 0.462 e. The van der Waals surface area contributed by atoms with E-state index in [4.69, 9.17) is 14.2 Å². The van der Waals surface area contributed by atoms with E-state index in [0.29, 0.717) is 19.4 Å². The Morgan fingerprint density at radius 3 is 0.871 bits per heavy atom. The molecule has 412 valence electrons. The molecule has 5 heteroatoms. The van der Waals surface area contributed by atoms with Gasteiger partial charge in [0.15, 0.2) is 6.10 Å². The van der Waals surface area contributed by atoms with Gasteiger partial charge in [-0.2, -0.15) is 0 Å². The highest BCUT2D eigenvalue weighted by atomic mass is 16.6. The highest BCUT2D eigenvalue weighted by Gasteiger charge is 2.18. The Labute approximate surface area is 438 Å². The van der Waals surface area contributed by atoms with Gasteiger partial charge in [0.25, 0.3) is 0 Å². The summed E-state index contributed by atoms with van der Waals surface area (Å²) in [6.07, 6.45) is 76.0. The van der Waals surface area contributed by atoms with Gasteiger partial charge < -0.3 is 14.2 Å². The third-order valence-corrected chi connectivity index (χ3v) is 14.1. The minimum atomic E-state index is -0.539. The van der Waals surface area contributed by atoms with Crippen molar-refractivity contribution in [3.8, 4) is 0 Å². The van der Waals surface area contributed by atoms with Gasteiger partial charge >= 0.3 is 11.9 Å². The van der Waals surface area contributed by atoms with Crippen LogP contribution in [0.4, 0.5) is 0 Å². The topological polar surface area (TPSA) is 61.8 Å². The molecule has 0 aromatic rings. The second kappa shape index (κ2) is 61.4. The summed E-state index contributed by atoms with van der Waals surface area (Å²) in [6.45, 7) is 7.87. The summed E-state index contributed by atoms with van der Waals surface area (Å²) < 4.78 is 17.5. The number of rotatable bonds is 59. The standard InChI is InChI=1S/C65H122O5/c1-4-7-10-13-16-19-22-25-28-31-32-33-36-39-42-45-48-51-54-57-60-68-61-63(70-65(67)59-56-53-50-47-44-41-38-35-30-27-24-21-18-15-12-9-6-3)62-69-64(66)58-55-52-49-46-43-40-37-34-29-26-23-20-17-14-11-8-5-2/h25-30,63H,4-24,31-62H2,1-3H3/b28-25-,29-26-,30-27-. The van der Waals surface area contributed by atoms with Gasteiger partial charge in [0, 0.05) is 19.4 Å². The highest BCUT2D eigenvalue weighted by Crippen LogP contribution is 2.16. The highest BCUT2D eigenvalue weighted by molar-refractivity contribution is 5.70. The van der Waals surface area contributed by atoms with Gasteiger partial charge in [-0.15, -0.1) is 0 Å². The van der Waals surface area contributed by atoms with E-state index >= 15 is 0 Å². The van der Waals surface area contributed by atoms with Crippen LogP contribution in [0.15, 0.2) is 36.5 Å². The van der Waals surface area contributed by atoms with Gasteiger partial charge in [-0.3, -0.25) is 9.59 Å². The van der Waals surface area contributed by atoms with Crippen molar-refractivity contribution in [2.75, 3.05) is 19.8 Å². The monoisotopic (exact) mass is 983 g/mol. The van der Waals surface area contributed by atoms with Crippen LogP contribution in [0.1, 0.15) is 342 Å². The fourth-order valence-electron chi connectivity index (χ4n) is 9.38. The number of allylic oxidation sites excluding steroid dienone is 6. The third kappa shape index (κ3) is 58.7. The van der Waals surface area contributed by atoms with Crippen molar-refractivity contribution in [1.29, 1.82) is 0 Å². The van der Waals surface area contributed by atoms with Crippen molar-refractivity contribution in [2.45, 2.75) is 348 Å². The van der Waals surface area contributed by atoms with Crippen molar-refractivity contribution >= 4 is 11.9 Å². The van der Waals surface area contributed by atoms with E-state index in [1.807, 2.05) is 0 Å². The van der Waals surface area contributed by atoms with E-state index in [0.717, 1.165) is 38.5 Å². The summed E-state index contributed by atoms with van der Waals surface area (Å²) in [5, 5.41) is 0. The molecule has 0 saturated heterocycles. The van der Waals surface area contributed by atoms with Crippen LogP contribution < -0.4 is 0 Å². The van der Waals surface area contributed by atoms with Crippen LogP contribution in [0.5, 0.6) is 0 Å². The molecule has 0 aliphatic heterocycles. The first kappa shape index (κ1) is 68.1. The first-order valence-corrected chi connectivity index (χ1v) is 31.5. The number of hydrogen-bond donors (Lipinski definition) is 0. The molecule has 0 radical (unpaired) electrons. The molecule has 0 saturated carbocycles. The minimum Gasteiger partial charge on any atom is -0.462 e. The Kier molecular flexibility index (Phi) is 59.8. The number of hydrogen-bond acceptors (Lipinski definition) is 5. The van der Waals surface area contributed by atoms with Gasteiger partial charge in [-0.25, -0.2) is 0 Å². The molecule has 70 heavy (non-hydrogen) atoms. The second-order valence-corrected chi connectivity index (χ2v) is 21.3. The van der Waals surface area contributed by atoms with Crippen LogP contribution in [0.3, 0.4) is 0 Å². The van der Waals surface area contributed by atoms with Crippen molar-refractivity contribution in [1.82, 2.24) is 0 Å². The molecule has 0 spiro atoms. The van der Waals surface area contributed by atoms with Gasteiger partial charge in [0.05, 0.1) is 6.61 Å². The first-order chi connectivity index (χ1) is 34.6. The zero-order valence-electron chi connectivity index (χ0n) is 47.6. The number of ether oxygens (including phenoxy) is 3. The Morgan fingerprint density at radius 1 is 0.300 bits per heavy atom. The molecule has 1 unspecified atom stereocenters. The molecule has 5 nitrogen and oxygen atoms in total. The molecule has 1 atom stereocenters. The zero-order valence-corrected chi connectivity index (χ0v) is 47.6. The number of unbranched alkanes of at least 4 members (excludes halogenated alkanes) is 42. The average molecular weight is 984 g/mol. The second-order valence-electron chi connectivity index (χ2n) is 21.3. The Hall–Kier alpha value is -1.88. The summed E-state index contributed by atoms with van der Waals surface area (Å²) in [7, 11) is 0. The van der Waals surface area contributed by atoms with Gasteiger partial charge in [-0.05, 0) is 96.3 Å². The van der Waals surface area contributed by atoms with E-state index in [2.05, 4.69) is 57.2 Å². The Bertz CT molecular complexity index is 1110. The molecular weight excluding hydrogens is 861 g/mol. The molecule has 0 amide bonds. The number of esters is 2. The smallest absolute Gasteiger partial charge is 0.306 e. The van der Waals surface area contributed by atoms with Crippen LogP contribution in [0, 0.1) is 0 Å². The molecule has 0 rings (SSSR count). The average Bonchev–Trinajstić information content (AvgIpc) is 3.36. The van der Waals surface area contributed by atoms with E-state index in [9.17, 15) is 9.59 Å². The zero-order chi connectivity index (χ0) is 50.6. The summed E-state index contributed by atoms with van der Waals surface area (Å²) in [5.74, 6) is -0.388. The Morgan fingerprint density at radius 2 is 0.557 bits per heavy atom. The lowest BCUT2D eigenvalue weighted by Gasteiger charge is -2.18. The molecule has 0 fully saturated rings. The van der Waals surface area contributed by atoms with Crippen molar-refractivity contribution in [3.63, 3.8) is 0 Å². The Balaban J connectivity index is 4.24. The van der Waals surface area contributed by atoms with E-state index in [1.165, 1.54) is 270 Å². The maximum atomic E-state index is 12.9. The fraction of sp³-hybridized carbons (Fsp3) is 0.877. The van der Waals surface area contributed by atoms with Gasteiger partial charge in [-0.1, -0.05) is 269 Å². The molecular formula is C65H122O5. The molecule has 0 heterocycles. The molecule has 0 aliphatic carbocycles. The first-order valence-electron chi connectivity index (χ1n) is 31.5. The fourth-order valence-corrected chi connectivity index (χ4v) is 9.38. The SMILES string of the molecule is CCCCCCCC/C=C\CCCCCCCCCCCCOCC(COC(=O)CCCCCCCCC/C=C\CCCCCCCC)OC(=O)CCCCCCCCC/C=C\CCCCCCCC. The summed E-state index contributed by atoms with van der Waals surface area (Å²) >= 11 is 0. The van der Waals surface area contributed by atoms with Gasteiger partial charge in [0.1, 0.15) is 6.61 Å². The number of carbonyl (C=O) groups is 2. The maximum Gasteiger partial charge on any atom is 0.306 e. The summed E-state index contributed by atoms with van der Waals surface area (Å²) in [4.78, 5) is 25.6. The van der Waals surface area contributed by atoms with Crippen molar-refractivity contribution in [3.05, 3.63) is 36.5 Å². The predicted octanol–water partition coefficient (Wildman–Crippen LogP) is 21.7. The van der Waals surface area contributed by atoms with Crippen LogP contribution in [-0.4, -0.2) is 37.9 Å². The third-order valence-electron chi connectivity index (χ3n) is 14.1. The lowest BCUT2D eigenvalue weighted by molar-refractivity contribution is -0.163. The molecule has 0 bridgehead atoms. The van der Waals surface area contributed by atoms with E-state index in [1.54, 1.807) is 0 Å². The van der Waals surface area contributed by atoms with Crippen LogP contribution in [0.25, 0.3) is 0 Å². The van der Waals surface area contributed by atoms with Crippen LogP contribution in [0.2, 0.25) is 0 Å². The quantitative estimate of drug-likeness (QED) is 0.0345. The molecule has 0 N–H and O–H groups in total. The molecule has 0 aliphatic rings. The normalized spacial score (nSPS) is 12.3. The van der Waals surface area contributed by atoms with Gasteiger partial charge in [0.2, 0.25) is 0 Å². The minimum absolute atomic E-state index is 0.0855. The maximum absolute atomic E-state index is 12.9. The molecule has 0 aromatic carbocycles. The van der Waals surface area contributed by atoms with Crippen LogP contribution >= 0.6 is 0 Å². The van der Waals surface area contributed by atoms with Crippen LogP contribution in [-0.2, 0) is 23.8 Å². The van der Waals surface area contributed by atoms with E-state index < -0.39 is 6.10 Å². The predicted molar refractivity (Wildman–Crippen MR) is 307 cm³/mol.